The predicted molar refractivity (Wildman–Crippen MR) is 82.6 cm³/mol. The molecule has 2 aromatic carbocycles. The summed E-state index contributed by atoms with van der Waals surface area (Å²) in [6.07, 6.45) is -0.476. The molecule has 0 fully saturated rings. The number of aromatic hydroxyl groups is 1. The number of ether oxygens (including phenoxy) is 1. The number of aliphatic hydroxyl groups is 1. The minimum absolute atomic E-state index is 0.0603. The fourth-order valence-electron chi connectivity index (χ4n) is 2.66. The Kier molecular flexibility index (Phi) is 3.54. The number of phenolic OH excluding ortho intramolecular Hbond substituents is 1. The molecule has 0 spiro atoms. The van der Waals surface area contributed by atoms with Crippen LogP contribution in [0.1, 0.15) is 22.3 Å². The Morgan fingerprint density at radius 2 is 2.00 bits per heavy atom. The number of carbonyl (C=O) groups is 2. The number of carbonyl (C=O) groups excluding carboxylic acids is 2. The molecule has 0 aliphatic carbocycles. The third kappa shape index (κ3) is 2.43. The quantitative estimate of drug-likeness (QED) is 0.748. The molecule has 0 aromatic heterocycles. The largest absolute Gasteiger partial charge is 0.507 e. The molecule has 3 rings (SSSR count). The molecule has 0 saturated carbocycles. The van der Waals surface area contributed by atoms with Gasteiger partial charge >= 0.3 is 0 Å². The maximum atomic E-state index is 12.4. The number of benzene rings is 2. The van der Waals surface area contributed by atoms with Crippen LogP contribution in [0.2, 0.25) is 0 Å². The molecule has 0 saturated heterocycles. The average molecular weight is 313 g/mol. The summed E-state index contributed by atoms with van der Waals surface area (Å²) in [7, 11) is 1.47. The van der Waals surface area contributed by atoms with E-state index in [0.29, 0.717) is 11.4 Å². The first-order valence-corrected chi connectivity index (χ1v) is 6.99. The van der Waals surface area contributed by atoms with Crippen molar-refractivity contribution < 1.29 is 24.5 Å². The number of nitrogens with one attached hydrogen (secondary N) is 1. The van der Waals surface area contributed by atoms with Gasteiger partial charge in [0.1, 0.15) is 11.5 Å². The lowest BCUT2D eigenvalue weighted by atomic mass is 9.88. The number of amides is 1. The zero-order valence-electron chi connectivity index (χ0n) is 12.4. The number of Topliss-reactive ketones (excluding diaryl/α,β-unsaturated/α-hetero) is 1. The first-order chi connectivity index (χ1) is 11.0. The van der Waals surface area contributed by atoms with Gasteiger partial charge in [-0.1, -0.05) is 12.1 Å². The highest BCUT2D eigenvalue weighted by atomic mass is 16.5. The number of rotatable bonds is 4. The summed E-state index contributed by atoms with van der Waals surface area (Å²) < 4.78 is 5.10. The molecule has 0 unspecified atom stereocenters. The Bertz CT molecular complexity index is 801. The number of methoxy groups -OCH3 is 1. The molecule has 6 nitrogen and oxygen atoms in total. The van der Waals surface area contributed by atoms with Gasteiger partial charge in [0.15, 0.2) is 11.4 Å². The van der Waals surface area contributed by atoms with Crippen LogP contribution in [0.15, 0.2) is 42.5 Å². The van der Waals surface area contributed by atoms with Crippen molar-refractivity contribution in [2.45, 2.75) is 12.0 Å². The van der Waals surface area contributed by atoms with E-state index in [2.05, 4.69) is 5.32 Å². The van der Waals surface area contributed by atoms with Crippen LogP contribution in [-0.2, 0) is 10.4 Å². The van der Waals surface area contributed by atoms with Crippen molar-refractivity contribution in [3.05, 3.63) is 53.6 Å². The van der Waals surface area contributed by atoms with E-state index in [1.807, 2.05) is 0 Å². The summed E-state index contributed by atoms with van der Waals surface area (Å²) in [4.78, 5) is 24.6. The molecule has 23 heavy (non-hydrogen) atoms. The number of hydrogen-bond donors (Lipinski definition) is 3. The SMILES string of the molecule is COc1ccc2c(c1)[C@@](O)(CC(=O)c1ccccc1O)C(=O)N2. The second kappa shape index (κ2) is 5.40. The van der Waals surface area contributed by atoms with Gasteiger partial charge in [-0.15, -0.1) is 0 Å². The van der Waals surface area contributed by atoms with Crippen molar-refractivity contribution in [3.8, 4) is 11.5 Å². The van der Waals surface area contributed by atoms with Crippen molar-refractivity contribution in [1.29, 1.82) is 0 Å². The Labute approximate surface area is 132 Å². The van der Waals surface area contributed by atoms with Gasteiger partial charge in [-0.2, -0.15) is 0 Å². The van der Waals surface area contributed by atoms with Crippen molar-refractivity contribution in [2.75, 3.05) is 12.4 Å². The van der Waals surface area contributed by atoms with E-state index in [0.717, 1.165) is 0 Å². The first kappa shape index (κ1) is 15.1. The Morgan fingerprint density at radius 1 is 1.26 bits per heavy atom. The van der Waals surface area contributed by atoms with Gasteiger partial charge in [0.05, 0.1) is 19.1 Å². The first-order valence-electron chi connectivity index (χ1n) is 6.99. The summed E-state index contributed by atoms with van der Waals surface area (Å²) in [6, 6.07) is 10.8. The zero-order valence-corrected chi connectivity index (χ0v) is 12.4. The van der Waals surface area contributed by atoms with E-state index in [4.69, 9.17) is 4.74 Å². The van der Waals surface area contributed by atoms with Gasteiger partial charge in [-0.25, -0.2) is 0 Å². The second-order valence-electron chi connectivity index (χ2n) is 5.34. The Morgan fingerprint density at radius 3 is 2.70 bits per heavy atom. The topological polar surface area (TPSA) is 95.9 Å². The predicted octanol–water partition coefficient (Wildman–Crippen LogP) is 1.81. The van der Waals surface area contributed by atoms with Gasteiger partial charge in [-0.3, -0.25) is 9.59 Å². The smallest absolute Gasteiger partial charge is 0.261 e. The fourth-order valence-corrected chi connectivity index (χ4v) is 2.66. The van der Waals surface area contributed by atoms with Gasteiger partial charge in [0.2, 0.25) is 0 Å². The minimum atomic E-state index is -2.00. The summed E-state index contributed by atoms with van der Waals surface area (Å²) >= 11 is 0. The summed E-state index contributed by atoms with van der Waals surface area (Å²) in [6.45, 7) is 0. The zero-order chi connectivity index (χ0) is 16.6. The van der Waals surface area contributed by atoms with Crippen LogP contribution >= 0.6 is 0 Å². The number of anilines is 1. The van der Waals surface area contributed by atoms with Crippen LogP contribution in [0.5, 0.6) is 11.5 Å². The van der Waals surface area contributed by atoms with Crippen molar-refractivity contribution in [3.63, 3.8) is 0 Å². The highest BCUT2D eigenvalue weighted by Gasteiger charge is 2.47. The lowest BCUT2D eigenvalue weighted by Gasteiger charge is -2.20. The summed E-state index contributed by atoms with van der Waals surface area (Å²) in [5, 5.41) is 23.1. The molecule has 1 heterocycles. The third-order valence-electron chi connectivity index (χ3n) is 3.92. The van der Waals surface area contributed by atoms with Gasteiger partial charge in [0.25, 0.3) is 5.91 Å². The maximum absolute atomic E-state index is 12.4. The lowest BCUT2D eigenvalue weighted by Crippen LogP contribution is -2.36. The normalized spacial score (nSPS) is 19.1. The van der Waals surface area contributed by atoms with E-state index in [1.165, 1.54) is 25.3 Å². The molecule has 0 radical (unpaired) electrons. The molecule has 2 aromatic rings. The molecular weight excluding hydrogens is 298 g/mol. The summed E-state index contributed by atoms with van der Waals surface area (Å²) in [5.41, 5.74) is -1.22. The molecule has 6 heteroatoms. The van der Waals surface area contributed by atoms with Gasteiger partial charge in [0, 0.05) is 11.3 Å². The average Bonchev–Trinajstić information content (AvgIpc) is 2.78. The molecule has 118 valence electrons. The maximum Gasteiger partial charge on any atom is 0.261 e. The molecule has 1 atom stereocenters. The molecule has 1 aliphatic heterocycles. The van der Waals surface area contributed by atoms with Gasteiger partial charge < -0.3 is 20.3 Å². The molecule has 1 amide bonds. The Hall–Kier alpha value is -2.86. The fraction of sp³-hybridized carbons (Fsp3) is 0.176. The molecule has 3 N–H and O–H groups in total. The van der Waals surface area contributed by atoms with E-state index < -0.39 is 23.7 Å². The third-order valence-corrected chi connectivity index (χ3v) is 3.92. The van der Waals surface area contributed by atoms with Crippen molar-refractivity contribution >= 4 is 17.4 Å². The van der Waals surface area contributed by atoms with Crippen molar-refractivity contribution in [1.82, 2.24) is 0 Å². The van der Waals surface area contributed by atoms with E-state index in [-0.39, 0.29) is 16.9 Å². The van der Waals surface area contributed by atoms with Crippen molar-refractivity contribution in [2.24, 2.45) is 0 Å². The monoisotopic (exact) mass is 313 g/mol. The molecule has 1 aliphatic rings. The number of fused-ring (bicyclic) bond motifs is 1. The highest BCUT2D eigenvalue weighted by molar-refractivity contribution is 6.10. The number of ketones is 1. The van der Waals surface area contributed by atoms with E-state index >= 15 is 0 Å². The Balaban J connectivity index is 1.98. The standard InChI is InChI=1S/C17H15NO5/c1-23-10-6-7-13-12(8-10)17(22,16(21)18-13)9-15(20)11-4-2-3-5-14(11)19/h2-8,19,22H,9H2,1H3,(H,18,21)/t17-/m0/s1. The lowest BCUT2D eigenvalue weighted by molar-refractivity contribution is -0.133. The van der Waals surface area contributed by atoms with Crippen LogP contribution < -0.4 is 10.1 Å². The van der Waals surface area contributed by atoms with Gasteiger partial charge in [-0.05, 0) is 30.3 Å². The van der Waals surface area contributed by atoms with Crippen LogP contribution in [0.3, 0.4) is 0 Å². The second-order valence-corrected chi connectivity index (χ2v) is 5.34. The highest BCUT2D eigenvalue weighted by Crippen LogP contribution is 2.41. The van der Waals surface area contributed by atoms with Crippen LogP contribution in [0, 0.1) is 0 Å². The van der Waals surface area contributed by atoms with Crippen LogP contribution in [0.25, 0.3) is 0 Å². The molecular formula is C17H15NO5. The number of phenols is 1. The number of hydrogen-bond acceptors (Lipinski definition) is 5. The van der Waals surface area contributed by atoms with Crippen LogP contribution in [0.4, 0.5) is 5.69 Å². The van der Waals surface area contributed by atoms with E-state index in [1.54, 1.807) is 24.3 Å². The number of para-hydroxylation sites is 1. The molecule has 0 bridgehead atoms. The minimum Gasteiger partial charge on any atom is -0.507 e. The van der Waals surface area contributed by atoms with Crippen LogP contribution in [-0.4, -0.2) is 29.0 Å². The van der Waals surface area contributed by atoms with E-state index in [9.17, 15) is 19.8 Å². The summed E-state index contributed by atoms with van der Waals surface area (Å²) in [5.74, 6) is -0.931.